The summed E-state index contributed by atoms with van der Waals surface area (Å²) < 4.78 is 10.0. The lowest BCUT2D eigenvalue weighted by Crippen LogP contribution is -2.11. The number of carbonyl (C=O) groups is 1. The molecule has 0 bridgehead atoms. The molecule has 0 spiro atoms. The number of nitrogens with one attached hydrogen (secondary N) is 1. The monoisotopic (exact) mass is 243 g/mol. The Hall–Kier alpha value is -2.63. The summed E-state index contributed by atoms with van der Waals surface area (Å²) in [5.41, 5.74) is 1.22. The second kappa shape index (κ2) is 3.99. The molecule has 0 radical (unpaired) electrons. The highest BCUT2D eigenvalue weighted by Crippen LogP contribution is 2.21. The van der Waals surface area contributed by atoms with E-state index in [9.17, 15) is 4.79 Å². The largest absolute Gasteiger partial charge is 0.459 e. The number of nitrogens with zero attached hydrogens (tertiary/aromatic N) is 2. The number of aryl methyl sites for hydroxylation is 1. The molecule has 3 aromatic heterocycles. The fourth-order valence-electron chi connectivity index (χ4n) is 1.59. The lowest BCUT2D eigenvalue weighted by Gasteiger charge is -1.97. The van der Waals surface area contributed by atoms with E-state index in [0.717, 1.165) is 5.69 Å². The summed E-state index contributed by atoms with van der Waals surface area (Å²) in [5, 5.41) is 7.04. The van der Waals surface area contributed by atoms with Crippen molar-refractivity contribution in [3.05, 3.63) is 42.0 Å². The van der Waals surface area contributed by atoms with Crippen LogP contribution < -0.4 is 5.32 Å². The molecule has 0 aromatic carbocycles. The molecule has 0 saturated heterocycles. The van der Waals surface area contributed by atoms with Gasteiger partial charge >= 0.3 is 0 Å². The van der Waals surface area contributed by atoms with Gasteiger partial charge < -0.3 is 14.3 Å². The second-order valence-electron chi connectivity index (χ2n) is 3.77. The number of hydrogen-bond donors (Lipinski definition) is 1. The van der Waals surface area contributed by atoms with Crippen LogP contribution in [0.3, 0.4) is 0 Å². The first kappa shape index (κ1) is 10.5. The van der Waals surface area contributed by atoms with Crippen molar-refractivity contribution in [1.82, 2.24) is 10.1 Å². The number of furan rings is 1. The Balaban J connectivity index is 1.94. The van der Waals surface area contributed by atoms with Crippen molar-refractivity contribution in [2.24, 2.45) is 0 Å². The Bertz CT molecular complexity index is 701. The minimum Gasteiger partial charge on any atom is -0.459 e. The van der Waals surface area contributed by atoms with Gasteiger partial charge in [-0.05, 0) is 31.2 Å². The number of amides is 1. The normalized spacial score (nSPS) is 10.7. The van der Waals surface area contributed by atoms with Gasteiger partial charge in [0.1, 0.15) is 0 Å². The van der Waals surface area contributed by atoms with Crippen LogP contribution in [0.5, 0.6) is 0 Å². The average Bonchev–Trinajstić information content (AvgIpc) is 2.98. The van der Waals surface area contributed by atoms with Crippen molar-refractivity contribution in [1.29, 1.82) is 0 Å². The highest BCUT2D eigenvalue weighted by Gasteiger charge is 2.14. The molecule has 0 unspecified atom stereocenters. The van der Waals surface area contributed by atoms with Crippen molar-refractivity contribution in [2.45, 2.75) is 6.92 Å². The molecule has 0 fully saturated rings. The smallest absolute Gasteiger partial charge is 0.292 e. The maximum absolute atomic E-state index is 11.8. The van der Waals surface area contributed by atoms with Gasteiger partial charge in [-0.25, -0.2) is 4.98 Å². The number of rotatable bonds is 2. The van der Waals surface area contributed by atoms with Crippen molar-refractivity contribution >= 4 is 22.8 Å². The van der Waals surface area contributed by atoms with Gasteiger partial charge in [-0.3, -0.25) is 4.79 Å². The zero-order valence-corrected chi connectivity index (χ0v) is 9.51. The lowest BCUT2D eigenvalue weighted by molar-refractivity contribution is 0.0996. The van der Waals surface area contributed by atoms with Gasteiger partial charge in [0.2, 0.25) is 0 Å². The number of aromatic nitrogens is 2. The van der Waals surface area contributed by atoms with E-state index in [1.54, 1.807) is 18.2 Å². The fraction of sp³-hybridized carbons (Fsp3) is 0.0833. The van der Waals surface area contributed by atoms with Crippen molar-refractivity contribution in [3.8, 4) is 0 Å². The van der Waals surface area contributed by atoms with E-state index < -0.39 is 0 Å². The van der Waals surface area contributed by atoms with Gasteiger partial charge in [0, 0.05) is 5.69 Å². The third-order valence-electron chi connectivity index (χ3n) is 2.45. The third-order valence-corrected chi connectivity index (χ3v) is 2.45. The summed E-state index contributed by atoms with van der Waals surface area (Å²) in [5.74, 6) is 0.167. The van der Waals surface area contributed by atoms with Gasteiger partial charge in [-0.1, -0.05) is 5.16 Å². The Morgan fingerprint density at radius 1 is 1.33 bits per heavy atom. The predicted molar refractivity (Wildman–Crippen MR) is 63.2 cm³/mol. The number of pyridine rings is 1. The van der Waals surface area contributed by atoms with Gasteiger partial charge in [-0.15, -0.1) is 0 Å². The molecule has 6 nitrogen and oxygen atoms in total. The standard InChI is InChI=1S/C12H9N3O3/c1-7-4-5-8-10(15-18-12(8)13-7)14-11(16)9-3-2-6-17-9/h2-6H,1H3,(H,14,15,16). The minimum absolute atomic E-state index is 0.214. The van der Waals surface area contributed by atoms with Crippen LogP contribution in [0.15, 0.2) is 39.5 Å². The molecule has 0 aliphatic heterocycles. The molecular weight excluding hydrogens is 234 g/mol. The summed E-state index contributed by atoms with van der Waals surface area (Å²) in [6.45, 7) is 1.85. The van der Waals surface area contributed by atoms with E-state index >= 15 is 0 Å². The summed E-state index contributed by atoms with van der Waals surface area (Å²) >= 11 is 0. The Kier molecular flexibility index (Phi) is 2.33. The summed E-state index contributed by atoms with van der Waals surface area (Å²) in [7, 11) is 0. The van der Waals surface area contributed by atoms with Gasteiger partial charge in [-0.2, -0.15) is 0 Å². The van der Waals surface area contributed by atoms with Crippen LogP contribution in [0.4, 0.5) is 5.82 Å². The van der Waals surface area contributed by atoms with Crippen LogP contribution in [0, 0.1) is 6.92 Å². The van der Waals surface area contributed by atoms with Gasteiger partial charge in [0.25, 0.3) is 11.6 Å². The predicted octanol–water partition coefficient (Wildman–Crippen LogP) is 2.38. The van der Waals surface area contributed by atoms with Crippen LogP contribution >= 0.6 is 0 Å². The maximum atomic E-state index is 11.8. The number of fused-ring (bicyclic) bond motifs is 1. The molecule has 0 saturated carbocycles. The van der Waals surface area contributed by atoms with Gasteiger partial charge in [0.05, 0.1) is 11.6 Å². The molecule has 3 aromatic rings. The average molecular weight is 243 g/mol. The minimum atomic E-state index is -0.379. The van der Waals surface area contributed by atoms with Crippen LogP contribution in [0.1, 0.15) is 16.2 Å². The highest BCUT2D eigenvalue weighted by atomic mass is 16.5. The maximum Gasteiger partial charge on any atom is 0.292 e. The van der Waals surface area contributed by atoms with Crippen LogP contribution in [0.25, 0.3) is 11.1 Å². The topological polar surface area (TPSA) is 81.2 Å². The number of anilines is 1. The molecule has 1 N–H and O–H groups in total. The first-order valence-corrected chi connectivity index (χ1v) is 5.32. The summed E-state index contributed by atoms with van der Waals surface area (Å²) in [4.78, 5) is 15.9. The molecule has 3 rings (SSSR count). The van der Waals surface area contributed by atoms with E-state index in [1.165, 1.54) is 6.26 Å². The van der Waals surface area contributed by atoms with E-state index in [-0.39, 0.29) is 11.7 Å². The van der Waals surface area contributed by atoms with Crippen molar-refractivity contribution in [2.75, 3.05) is 5.32 Å². The van der Waals surface area contributed by atoms with Crippen LogP contribution in [-0.2, 0) is 0 Å². The Morgan fingerprint density at radius 3 is 3.00 bits per heavy atom. The molecule has 18 heavy (non-hydrogen) atoms. The number of hydrogen-bond acceptors (Lipinski definition) is 5. The van der Waals surface area contributed by atoms with Crippen LogP contribution in [0.2, 0.25) is 0 Å². The molecule has 3 heterocycles. The Labute approximate surface area is 102 Å². The first-order valence-electron chi connectivity index (χ1n) is 5.32. The lowest BCUT2D eigenvalue weighted by atomic mass is 10.3. The second-order valence-corrected chi connectivity index (χ2v) is 3.77. The quantitative estimate of drug-likeness (QED) is 0.747. The molecule has 1 amide bonds. The van der Waals surface area contributed by atoms with Crippen LogP contribution in [-0.4, -0.2) is 16.0 Å². The Morgan fingerprint density at radius 2 is 2.22 bits per heavy atom. The SMILES string of the molecule is Cc1ccc2c(NC(=O)c3ccco3)noc2n1. The fourth-order valence-corrected chi connectivity index (χ4v) is 1.59. The van der Waals surface area contributed by atoms with Crippen molar-refractivity contribution < 1.29 is 13.7 Å². The molecule has 0 aliphatic rings. The highest BCUT2D eigenvalue weighted by molar-refractivity contribution is 6.05. The number of carbonyl (C=O) groups excluding carboxylic acids is 1. The summed E-state index contributed by atoms with van der Waals surface area (Å²) in [6.07, 6.45) is 1.43. The van der Waals surface area contributed by atoms with E-state index in [4.69, 9.17) is 8.94 Å². The third kappa shape index (κ3) is 1.73. The van der Waals surface area contributed by atoms with E-state index in [2.05, 4.69) is 15.5 Å². The molecule has 90 valence electrons. The van der Waals surface area contributed by atoms with E-state index in [1.807, 2.05) is 13.0 Å². The molecule has 6 heteroatoms. The van der Waals surface area contributed by atoms with E-state index in [0.29, 0.717) is 16.9 Å². The molecule has 0 aliphatic carbocycles. The van der Waals surface area contributed by atoms with Crippen molar-refractivity contribution in [3.63, 3.8) is 0 Å². The zero-order chi connectivity index (χ0) is 12.5. The van der Waals surface area contributed by atoms with Gasteiger partial charge in [0.15, 0.2) is 11.6 Å². The first-order chi connectivity index (χ1) is 8.74. The molecular formula is C12H9N3O3. The molecule has 0 atom stereocenters. The zero-order valence-electron chi connectivity index (χ0n) is 9.51. The summed E-state index contributed by atoms with van der Waals surface area (Å²) in [6, 6.07) is 6.83.